The Morgan fingerprint density at radius 3 is 2.42 bits per heavy atom. The van der Waals surface area contributed by atoms with Crippen molar-refractivity contribution in [2.75, 3.05) is 26.1 Å². The molecule has 0 saturated heterocycles. The number of nitrogens with one attached hydrogen (secondary N) is 1. The fourth-order valence-electron chi connectivity index (χ4n) is 1.85. The number of aryl methyl sites for hydroxylation is 1. The van der Waals surface area contributed by atoms with Crippen molar-refractivity contribution in [3.8, 4) is 11.3 Å². The number of aromatic amines is 1. The zero-order valence-corrected chi connectivity index (χ0v) is 11.5. The van der Waals surface area contributed by atoms with Crippen LogP contribution >= 0.6 is 0 Å². The van der Waals surface area contributed by atoms with Gasteiger partial charge in [0.2, 0.25) is 5.82 Å². The quantitative estimate of drug-likeness (QED) is 0.859. The summed E-state index contributed by atoms with van der Waals surface area (Å²) in [5.74, 6) is -0.231. The first-order chi connectivity index (χ1) is 9.02. The van der Waals surface area contributed by atoms with E-state index in [4.69, 9.17) is 0 Å². The van der Waals surface area contributed by atoms with Gasteiger partial charge in [-0.15, -0.1) is 0 Å². The predicted molar refractivity (Wildman–Crippen MR) is 74.4 cm³/mol. The van der Waals surface area contributed by atoms with Crippen LogP contribution in [0, 0.1) is 6.92 Å². The number of hydrogen-bond acceptors (Lipinski definition) is 4. The number of carbonyl (C=O) groups is 1. The first-order valence-corrected chi connectivity index (χ1v) is 5.95. The summed E-state index contributed by atoms with van der Waals surface area (Å²) in [4.78, 5) is 20.7. The first-order valence-electron chi connectivity index (χ1n) is 5.95. The molecule has 0 bridgehead atoms. The van der Waals surface area contributed by atoms with Crippen LogP contribution in [0.15, 0.2) is 24.3 Å². The minimum Gasteiger partial charge on any atom is -0.463 e. The zero-order valence-electron chi connectivity index (χ0n) is 11.5. The number of ether oxygens (including phenoxy) is 1. The van der Waals surface area contributed by atoms with E-state index in [1.807, 2.05) is 50.2 Å². The Hall–Kier alpha value is -2.30. The fourth-order valence-corrected chi connectivity index (χ4v) is 1.85. The van der Waals surface area contributed by atoms with Crippen molar-refractivity contribution in [1.82, 2.24) is 9.97 Å². The van der Waals surface area contributed by atoms with Gasteiger partial charge in [0.25, 0.3) is 0 Å². The smallest absolute Gasteiger partial charge is 0.374 e. The van der Waals surface area contributed by atoms with Gasteiger partial charge in [-0.05, 0) is 19.1 Å². The highest BCUT2D eigenvalue weighted by Gasteiger charge is 2.14. The second kappa shape index (κ2) is 5.14. The zero-order chi connectivity index (χ0) is 14.0. The van der Waals surface area contributed by atoms with E-state index in [1.54, 1.807) is 0 Å². The lowest BCUT2D eigenvalue weighted by atomic mass is 10.1. The third-order valence-corrected chi connectivity index (χ3v) is 2.92. The summed E-state index contributed by atoms with van der Waals surface area (Å²) in [5, 5.41) is 0. The SMILES string of the molecule is COC(=O)c1nc(-c2ccc(N(C)C)cc2)c(C)[nH]1. The fraction of sp³-hybridized carbons (Fsp3) is 0.286. The molecule has 5 nitrogen and oxygen atoms in total. The van der Waals surface area contributed by atoms with Gasteiger partial charge in [0.05, 0.1) is 12.8 Å². The third kappa shape index (κ3) is 2.59. The minimum absolute atomic E-state index is 0.228. The van der Waals surface area contributed by atoms with Crippen LogP contribution in [0.25, 0.3) is 11.3 Å². The standard InChI is InChI=1S/C14H17N3O2/c1-9-12(16-13(15-9)14(18)19-4)10-5-7-11(8-6-10)17(2)3/h5-8H,1-4H3,(H,15,16). The number of methoxy groups -OCH3 is 1. The molecule has 1 aromatic heterocycles. The molecule has 2 aromatic rings. The molecule has 5 heteroatoms. The number of aromatic nitrogens is 2. The van der Waals surface area contributed by atoms with E-state index in [-0.39, 0.29) is 5.82 Å². The molecule has 2 rings (SSSR count). The maximum absolute atomic E-state index is 11.4. The molecular formula is C14H17N3O2. The number of benzene rings is 1. The highest BCUT2D eigenvalue weighted by atomic mass is 16.5. The molecule has 0 unspecified atom stereocenters. The van der Waals surface area contributed by atoms with E-state index in [1.165, 1.54) is 7.11 Å². The van der Waals surface area contributed by atoms with Crippen molar-refractivity contribution in [3.63, 3.8) is 0 Å². The lowest BCUT2D eigenvalue weighted by Gasteiger charge is -2.12. The largest absolute Gasteiger partial charge is 0.463 e. The number of anilines is 1. The van der Waals surface area contributed by atoms with Crippen molar-refractivity contribution in [2.24, 2.45) is 0 Å². The van der Waals surface area contributed by atoms with Crippen LogP contribution in [0.2, 0.25) is 0 Å². The Morgan fingerprint density at radius 1 is 1.26 bits per heavy atom. The van der Waals surface area contributed by atoms with E-state index in [9.17, 15) is 4.79 Å². The Kier molecular flexibility index (Phi) is 3.55. The van der Waals surface area contributed by atoms with E-state index in [0.29, 0.717) is 0 Å². The number of nitrogens with zero attached hydrogens (tertiary/aromatic N) is 2. The highest BCUT2D eigenvalue weighted by molar-refractivity contribution is 5.86. The van der Waals surface area contributed by atoms with Gasteiger partial charge in [0.15, 0.2) is 0 Å². The topological polar surface area (TPSA) is 58.2 Å². The van der Waals surface area contributed by atoms with Crippen molar-refractivity contribution < 1.29 is 9.53 Å². The number of imidazole rings is 1. The third-order valence-electron chi connectivity index (χ3n) is 2.92. The molecule has 1 heterocycles. The maximum Gasteiger partial charge on any atom is 0.374 e. The molecule has 0 aliphatic rings. The number of H-pyrrole nitrogens is 1. The summed E-state index contributed by atoms with van der Waals surface area (Å²) in [6, 6.07) is 8.00. The van der Waals surface area contributed by atoms with Crippen molar-refractivity contribution in [3.05, 3.63) is 35.8 Å². The predicted octanol–water partition coefficient (Wildman–Crippen LogP) is 2.24. The normalized spacial score (nSPS) is 10.3. The Balaban J connectivity index is 2.36. The van der Waals surface area contributed by atoms with Gasteiger partial charge >= 0.3 is 5.97 Å². The molecule has 0 aliphatic carbocycles. The van der Waals surface area contributed by atoms with E-state index >= 15 is 0 Å². The Bertz CT molecular complexity index is 585. The maximum atomic E-state index is 11.4. The molecule has 19 heavy (non-hydrogen) atoms. The van der Waals surface area contributed by atoms with Gasteiger partial charge in [0.1, 0.15) is 0 Å². The summed E-state index contributed by atoms with van der Waals surface area (Å²) in [5.41, 5.74) is 3.70. The average Bonchev–Trinajstić information content (AvgIpc) is 2.80. The van der Waals surface area contributed by atoms with Crippen LogP contribution in [0.4, 0.5) is 5.69 Å². The van der Waals surface area contributed by atoms with E-state index in [2.05, 4.69) is 14.7 Å². The second-order valence-corrected chi connectivity index (χ2v) is 4.49. The van der Waals surface area contributed by atoms with Crippen molar-refractivity contribution >= 4 is 11.7 Å². The van der Waals surface area contributed by atoms with E-state index in [0.717, 1.165) is 22.6 Å². The van der Waals surface area contributed by atoms with Crippen molar-refractivity contribution in [2.45, 2.75) is 6.92 Å². The van der Waals surface area contributed by atoms with E-state index < -0.39 is 5.97 Å². The Labute approximate surface area is 112 Å². The lowest BCUT2D eigenvalue weighted by Crippen LogP contribution is -2.07. The van der Waals surface area contributed by atoms with Crippen LogP contribution in [0.3, 0.4) is 0 Å². The summed E-state index contributed by atoms with van der Waals surface area (Å²) in [7, 11) is 5.32. The monoisotopic (exact) mass is 259 g/mol. The van der Waals surface area contributed by atoms with Crippen LogP contribution in [-0.2, 0) is 4.74 Å². The van der Waals surface area contributed by atoms with Gasteiger partial charge in [0, 0.05) is 31.0 Å². The highest BCUT2D eigenvalue weighted by Crippen LogP contribution is 2.23. The average molecular weight is 259 g/mol. The molecule has 0 fully saturated rings. The number of hydrogen-bond donors (Lipinski definition) is 1. The van der Waals surface area contributed by atoms with Gasteiger partial charge in [-0.1, -0.05) is 12.1 Å². The van der Waals surface area contributed by atoms with Crippen LogP contribution in [0.1, 0.15) is 16.3 Å². The molecule has 0 aliphatic heterocycles. The lowest BCUT2D eigenvalue weighted by molar-refractivity contribution is 0.0588. The van der Waals surface area contributed by atoms with Crippen LogP contribution in [-0.4, -0.2) is 37.1 Å². The second-order valence-electron chi connectivity index (χ2n) is 4.49. The number of carbonyl (C=O) groups excluding carboxylic acids is 1. The minimum atomic E-state index is -0.459. The molecule has 1 aromatic carbocycles. The van der Waals surface area contributed by atoms with Crippen LogP contribution in [0.5, 0.6) is 0 Å². The summed E-state index contributed by atoms with van der Waals surface area (Å²) >= 11 is 0. The van der Waals surface area contributed by atoms with Gasteiger partial charge < -0.3 is 14.6 Å². The van der Waals surface area contributed by atoms with Gasteiger partial charge in [-0.2, -0.15) is 0 Å². The molecule has 100 valence electrons. The molecule has 0 spiro atoms. The summed E-state index contributed by atoms with van der Waals surface area (Å²) < 4.78 is 4.65. The van der Waals surface area contributed by atoms with Gasteiger partial charge in [-0.25, -0.2) is 9.78 Å². The molecule has 1 N–H and O–H groups in total. The van der Waals surface area contributed by atoms with Crippen LogP contribution < -0.4 is 4.90 Å². The van der Waals surface area contributed by atoms with Crippen molar-refractivity contribution in [1.29, 1.82) is 0 Å². The number of esters is 1. The molecule has 0 amide bonds. The number of rotatable bonds is 3. The molecule has 0 atom stereocenters. The molecule has 0 radical (unpaired) electrons. The Morgan fingerprint density at radius 2 is 1.89 bits per heavy atom. The molecule has 0 saturated carbocycles. The molecular weight excluding hydrogens is 242 g/mol. The summed E-state index contributed by atoms with van der Waals surface area (Å²) in [6.45, 7) is 1.88. The first kappa shape index (κ1) is 13.1. The van der Waals surface area contributed by atoms with Gasteiger partial charge in [-0.3, -0.25) is 0 Å². The summed E-state index contributed by atoms with van der Waals surface area (Å²) in [6.07, 6.45) is 0.